The van der Waals surface area contributed by atoms with Crippen LogP contribution >= 0.6 is 0 Å². The Labute approximate surface area is 132 Å². The van der Waals surface area contributed by atoms with E-state index in [2.05, 4.69) is 31.8 Å². The average Bonchev–Trinajstić information content (AvgIpc) is 3.03. The van der Waals surface area contributed by atoms with E-state index in [1.54, 1.807) is 6.26 Å². The summed E-state index contributed by atoms with van der Waals surface area (Å²) in [6.07, 6.45) is 4.88. The summed E-state index contributed by atoms with van der Waals surface area (Å²) in [6, 6.07) is 18.1. The molecule has 1 atom stereocenters. The highest BCUT2D eigenvalue weighted by molar-refractivity contribution is 5.76. The van der Waals surface area contributed by atoms with Crippen LogP contribution in [0.5, 0.6) is 0 Å². The molecule has 0 radical (unpaired) electrons. The first kappa shape index (κ1) is 16.0. The van der Waals surface area contributed by atoms with Crippen molar-refractivity contribution in [2.75, 3.05) is 0 Å². The molecule has 0 aliphatic heterocycles. The number of nitrogens with zero attached hydrogens (tertiary/aromatic N) is 1. The molecule has 1 aromatic heterocycles. The molecule has 0 saturated heterocycles. The molecule has 2 heteroatoms. The van der Waals surface area contributed by atoms with Gasteiger partial charge in [0.2, 0.25) is 0 Å². The van der Waals surface area contributed by atoms with Crippen LogP contribution in [0.2, 0.25) is 0 Å². The smallest absolute Gasteiger partial charge is 0.133 e. The van der Waals surface area contributed by atoms with Gasteiger partial charge < -0.3 is 4.42 Å². The Kier molecular flexibility index (Phi) is 5.96. The molecule has 22 heavy (non-hydrogen) atoms. The van der Waals surface area contributed by atoms with Gasteiger partial charge in [0, 0.05) is 11.6 Å². The quantitative estimate of drug-likeness (QED) is 0.530. The van der Waals surface area contributed by atoms with Crippen LogP contribution in [0.15, 0.2) is 70.3 Å². The van der Waals surface area contributed by atoms with Gasteiger partial charge in [-0.1, -0.05) is 50.2 Å². The minimum Gasteiger partial charge on any atom is -0.464 e. The predicted octanol–water partition coefficient (Wildman–Crippen LogP) is 6.18. The lowest BCUT2D eigenvalue weighted by Gasteiger charge is -2.01. The molecule has 1 unspecified atom stereocenters. The summed E-state index contributed by atoms with van der Waals surface area (Å²) in [5.41, 5.74) is 3.28. The third-order valence-electron chi connectivity index (χ3n) is 3.59. The Morgan fingerprint density at radius 2 is 1.77 bits per heavy atom. The fourth-order valence-corrected chi connectivity index (χ4v) is 1.93. The van der Waals surface area contributed by atoms with Crippen LogP contribution in [0.1, 0.15) is 25.8 Å². The fraction of sp³-hybridized carbons (Fsp3) is 0.250. The van der Waals surface area contributed by atoms with Crippen molar-refractivity contribution in [3.8, 4) is 0 Å². The van der Waals surface area contributed by atoms with E-state index in [1.807, 2.05) is 54.7 Å². The first-order valence-electron chi connectivity index (χ1n) is 7.72. The van der Waals surface area contributed by atoms with Gasteiger partial charge in [-0.2, -0.15) is 0 Å². The molecule has 2 nitrogen and oxygen atoms in total. The van der Waals surface area contributed by atoms with E-state index in [4.69, 9.17) is 4.42 Å². The van der Waals surface area contributed by atoms with Crippen molar-refractivity contribution >= 4 is 22.9 Å². The first-order valence-corrected chi connectivity index (χ1v) is 7.72. The van der Waals surface area contributed by atoms with Crippen LogP contribution in [0.25, 0.3) is 11.0 Å². The third kappa shape index (κ3) is 4.59. The Balaban J connectivity index is 0.000000170. The summed E-state index contributed by atoms with van der Waals surface area (Å²) < 4.78 is 5.12. The predicted molar refractivity (Wildman–Crippen MR) is 95.0 cm³/mol. The summed E-state index contributed by atoms with van der Waals surface area (Å²) in [5, 5.41) is 1.16. The van der Waals surface area contributed by atoms with E-state index in [0.29, 0.717) is 5.92 Å². The van der Waals surface area contributed by atoms with Crippen LogP contribution in [0.4, 0.5) is 5.69 Å². The molecular weight excluding hydrogens is 270 g/mol. The van der Waals surface area contributed by atoms with E-state index < -0.39 is 0 Å². The summed E-state index contributed by atoms with van der Waals surface area (Å²) in [4.78, 5) is 4.45. The van der Waals surface area contributed by atoms with E-state index in [0.717, 1.165) is 23.1 Å². The second-order valence-corrected chi connectivity index (χ2v) is 5.41. The van der Waals surface area contributed by atoms with E-state index in [-0.39, 0.29) is 0 Å². The number of furan rings is 1. The molecule has 0 bridgehead atoms. The van der Waals surface area contributed by atoms with E-state index in [9.17, 15) is 0 Å². The summed E-state index contributed by atoms with van der Waals surface area (Å²) in [7, 11) is 0. The second kappa shape index (κ2) is 8.18. The van der Waals surface area contributed by atoms with Crippen LogP contribution in [0, 0.1) is 12.8 Å². The normalized spacial score (nSPS) is 12.1. The van der Waals surface area contributed by atoms with Crippen molar-refractivity contribution in [1.82, 2.24) is 0 Å². The Morgan fingerprint density at radius 1 is 1.05 bits per heavy atom. The second-order valence-electron chi connectivity index (χ2n) is 5.41. The van der Waals surface area contributed by atoms with Crippen molar-refractivity contribution in [3.05, 3.63) is 66.4 Å². The van der Waals surface area contributed by atoms with Crippen molar-refractivity contribution in [2.24, 2.45) is 10.9 Å². The molecule has 0 amide bonds. The zero-order valence-corrected chi connectivity index (χ0v) is 13.5. The number of para-hydroxylation sites is 2. The van der Waals surface area contributed by atoms with Crippen LogP contribution in [0.3, 0.4) is 0 Å². The van der Waals surface area contributed by atoms with Gasteiger partial charge in [-0.05, 0) is 43.0 Å². The zero-order chi connectivity index (χ0) is 15.8. The zero-order valence-electron chi connectivity index (χ0n) is 13.5. The number of aryl methyl sites for hydroxylation is 1. The van der Waals surface area contributed by atoms with Crippen molar-refractivity contribution in [1.29, 1.82) is 0 Å². The van der Waals surface area contributed by atoms with Gasteiger partial charge in [0.05, 0.1) is 12.0 Å². The molecule has 114 valence electrons. The molecule has 0 saturated carbocycles. The van der Waals surface area contributed by atoms with Gasteiger partial charge in [-0.3, -0.25) is 4.99 Å². The highest BCUT2D eigenvalue weighted by Crippen LogP contribution is 2.17. The summed E-state index contributed by atoms with van der Waals surface area (Å²) in [6.45, 7) is 6.44. The topological polar surface area (TPSA) is 25.5 Å². The fourth-order valence-electron chi connectivity index (χ4n) is 1.93. The van der Waals surface area contributed by atoms with Gasteiger partial charge in [0.25, 0.3) is 0 Å². The Morgan fingerprint density at radius 3 is 2.50 bits per heavy atom. The molecule has 0 aliphatic rings. The molecular formula is C20H23NO. The van der Waals surface area contributed by atoms with Crippen molar-refractivity contribution in [2.45, 2.75) is 27.2 Å². The van der Waals surface area contributed by atoms with Crippen molar-refractivity contribution in [3.63, 3.8) is 0 Å². The van der Waals surface area contributed by atoms with Gasteiger partial charge in [-0.15, -0.1) is 0 Å². The SMILES string of the molecule is CCC(C)C=Nc1ccccc1C.c1ccc2occc2c1. The maximum Gasteiger partial charge on any atom is 0.133 e. The van der Waals surface area contributed by atoms with Gasteiger partial charge in [-0.25, -0.2) is 0 Å². The number of rotatable bonds is 3. The van der Waals surface area contributed by atoms with Crippen LogP contribution in [-0.2, 0) is 0 Å². The molecule has 0 N–H and O–H groups in total. The van der Waals surface area contributed by atoms with Crippen LogP contribution in [-0.4, -0.2) is 6.21 Å². The molecule has 3 rings (SSSR count). The molecule has 1 heterocycles. The monoisotopic (exact) mass is 293 g/mol. The molecule has 0 aliphatic carbocycles. The van der Waals surface area contributed by atoms with Gasteiger partial charge in [0.1, 0.15) is 5.58 Å². The Hall–Kier alpha value is -2.35. The number of hydrogen-bond acceptors (Lipinski definition) is 2. The number of aliphatic imine (C=N–C) groups is 1. The van der Waals surface area contributed by atoms with E-state index >= 15 is 0 Å². The lowest BCUT2D eigenvalue weighted by molar-refractivity contribution is 0.616. The summed E-state index contributed by atoms with van der Waals surface area (Å²) >= 11 is 0. The molecule has 0 spiro atoms. The lowest BCUT2D eigenvalue weighted by atomic mass is 10.1. The summed E-state index contributed by atoms with van der Waals surface area (Å²) in [5.74, 6) is 0.569. The minimum absolute atomic E-state index is 0.569. The average molecular weight is 293 g/mol. The maximum absolute atomic E-state index is 5.12. The molecule has 2 aromatic carbocycles. The molecule has 3 aromatic rings. The molecule has 0 fully saturated rings. The van der Waals surface area contributed by atoms with Crippen molar-refractivity contribution < 1.29 is 4.42 Å². The van der Waals surface area contributed by atoms with E-state index in [1.165, 1.54) is 5.56 Å². The highest BCUT2D eigenvalue weighted by Gasteiger charge is 1.94. The van der Waals surface area contributed by atoms with Gasteiger partial charge in [0.15, 0.2) is 0 Å². The standard InChI is InChI=1S/C12H17N.C8H6O/c1-4-10(2)9-13-12-8-6-5-7-11(12)3;1-2-4-8-7(3-1)5-6-9-8/h5-10H,4H2,1-3H3;1-6H. The number of benzene rings is 2. The number of fused-ring (bicyclic) bond motifs is 1. The largest absolute Gasteiger partial charge is 0.464 e. The Bertz CT molecular complexity index is 697. The van der Waals surface area contributed by atoms with Crippen LogP contribution < -0.4 is 0 Å². The maximum atomic E-state index is 5.12. The third-order valence-corrected chi connectivity index (χ3v) is 3.59. The highest BCUT2D eigenvalue weighted by atomic mass is 16.3. The number of hydrogen-bond donors (Lipinski definition) is 0. The van der Waals surface area contributed by atoms with Gasteiger partial charge >= 0.3 is 0 Å². The lowest BCUT2D eigenvalue weighted by Crippen LogP contribution is -1.91. The minimum atomic E-state index is 0.569. The first-order chi connectivity index (χ1) is 10.7.